The summed E-state index contributed by atoms with van der Waals surface area (Å²) in [4.78, 5) is 22.8. The van der Waals surface area contributed by atoms with E-state index in [0.717, 1.165) is 6.42 Å². The van der Waals surface area contributed by atoms with Gasteiger partial charge in [0.1, 0.15) is 5.82 Å². The Balaban J connectivity index is 1.93. The summed E-state index contributed by atoms with van der Waals surface area (Å²) in [5.41, 5.74) is -0.365. The summed E-state index contributed by atoms with van der Waals surface area (Å²) >= 11 is 0. The minimum absolute atomic E-state index is 0.116. The second-order valence-electron chi connectivity index (χ2n) is 5.53. The topological polar surface area (TPSA) is 86.6 Å². The van der Waals surface area contributed by atoms with Gasteiger partial charge in [-0.2, -0.15) is 0 Å². The maximum absolute atomic E-state index is 13.1. The van der Waals surface area contributed by atoms with Crippen molar-refractivity contribution < 1.29 is 24.2 Å². The molecule has 1 unspecified atom stereocenters. The first-order valence-corrected chi connectivity index (χ1v) is 6.87. The summed E-state index contributed by atoms with van der Waals surface area (Å²) in [5.74, 6) is -1.86. The summed E-state index contributed by atoms with van der Waals surface area (Å²) in [7, 11) is 0. The average Bonchev–Trinajstić information content (AvgIpc) is 2.35. The van der Waals surface area contributed by atoms with Crippen molar-refractivity contribution in [3.8, 4) is 0 Å². The van der Waals surface area contributed by atoms with E-state index >= 15 is 0 Å². The highest BCUT2D eigenvalue weighted by Crippen LogP contribution is 2.35. The zero-order chi connectivity index (χ0) is 15.5. The molecule has 0 aromatic heterocycles. The number of benzene rings is 1. The van der Waals surface area contributed by atoms with Crippen LogP contribution in [-0.2, 0) is 9.59 Å². The molecule has 21 heavy (non-hydrogen) atoms. The second-order valence-corrected chi connectivity index (χ2v) is 5.53. The van der Waals surface area contributed by atoms with Crippen LogP contribution in [0, 0.1) is 5.82 Å². The summed E-state index contributed by atoms with van der Waals surface area (Å²) in [5, 5.41) is 21.5. The van der Waals surface area contributed by atoms with E-state index in [4.69, 9.17) is 5.11 Å². The normalized spacial score (nSPS) is 17.6. The van der Waals surface area contributed by atoms with Crippen LogP contribution in [0.4, 0.5) is 4.39 Å². The van der Waals surface area contributed by atoms with E-state index in [9.17, 15) is 19.1 Å². The minimum atomic E-state index is -1.11. The molecule has 0 bridgehead atoms. The Bertz CT molecular complexity index is 542. The molecule has 1 aromatic rings. The van der Waals surface area contributed by atoms with E-state index in [-0.39, 0.29) is 12.8 Å². The first kappa shape index (κ1) is 15.4. The molecule has 6 heteroatoms. The number of amides is 1. The predicted octanol–water partition coefficient (Wildman–Crippen LogP) is 1.76. The standard InChI is InChI=1S/C15H18FNO4/c16-11-4-1-3-10(7-11)12(18)8-13(19)17-15(5-2-6-15)9-14(20)21/h1,3-4,7,12,18H,2,5-6,8-9H2,(H,17,19)(H,20,21). The molecule has 0 heterocycles. The fourth-order valence-corrected chi connectivity index (χ4v) is 2.59. The molecular weight excluding hydrogens is 277 g/mol. The van der Waals surface area contributed by atoms with Gasteiger partial charge in [-0.25, -0.2) is 4.39 Å². The molecule has 3 N–H and O–H groups in total. The Hall–Kier alpha value is -1.95. The van der Waals surface area contributed by atoms with E-state index in [1.165, 1.54) is 24.3 Å². The number of carbonyl (C=O) groups excluding carboxylic acids is 1. The highest BCUT2D eigenvalue weighted by atomic mass is 19.1. The summed E-state index contributed by atoms with van der Waals surface area (Å²) < 4.78 is 13.1. The molecule has 0 spiro atoms. The lowest BCUT2D eigenvalue weighted by molar-refractivity contribution is -0.140. The van der Waals surface area contributed by atoms with Gasteiger partial charge < -0.3 is 15.5 Å². The van der Waals surface area contributed by atoms with E-state index < -0.39 is 29.3 Å². The second kappa shape index (κ2) is 6.22. The van der Waals surface area contributed by atoms with Gasteiger partial charge in [0.05, 0.1) is 24.5 Å². The van der Waals surface area contributed by atoms with E-state index in [1.807, 2.05) is 0 Å². The van der Waals surface area contributed by atoms with Gasteiger partial charge in [0.15, 0.2) is 0 Å². The third kappa shape index (κ3) is 4.01. The van der Waals surface area contributed by atoms with Crippen molar-refractivity contribution in [1.29, 1.82) is 0 Å². The van der Waals surface area contributed by atoms with Gasteiger partial charge in [-0.1, -0.05) is 12.1 Å². The summed E-state index contributed by atoms with van der Waals surface area (Å²) in [6, 6.07) is 5.43. The average molecular weight is 295 g/mol. The van der Waals surface area contributed by atoms with Gasteiger partial charge in [-0.3, -0.25) is 9.59 Å². The molecule has 1 atom stereocenters. The molecule has 0 saturated heterocycles. The summed E-state index contributed by atoms with van der Waals surface area (Å²) in [6.07, 6.45) is 0.685. The van der Waals surface area contributed by atoms with Gasteiger partial charge in [-0.15, -0.1) is 0 Å². The van der Waals surface area contributed by atoms with Crippen molar-refractivity contribution in [2.24, 2.45) is 0 Å². The number of hydrogen-bond acceptors (Lipinski definition) is 3. The van der Waals surface area contributed by atoms with Gasteiger partial charge >= 0.3 is 5.97 Å². The van der Waals surface area contributed by atoms with Crippen LogP contribution < -0.4 is 5.32 Å². The number of aliphatic carboxylic acids is 1. The van der Waals surface area contributed by atoms with Gasteiger partial charge in [0.25, 0.3) is 0 Å². The van der Waals surface area contributed by atoms with Gasteiger partial charge in [0, 0.05) is 0 Å². The molecule has 1 saturated carbocycles. The van der Waals surface area contributed by atoms with E-state index in [1.54, 1.807) is 0 Å². The number of halogens is 1. The maximum atomic E-state index is 13.1. The Morgan fingerprint density at radius 1 is 1.38 bits per heavy atom. The molecule has 1 aromatic carbocycles. The van der Waals surface area contributed by atoms with Crippen LogP contribution in [0.1, 0.15) is 43.8 Å². The Morgan fingerprint density at radius 2 is 2.10 bits per heavy atom. The number of hydrogen-bond donors (Lipinski definition) is 3. The van der Waals surface area contributed by atoms with Crippen LogP contribution in [-0.4, -0.2) is 27.6 Å². The van der Waals surface area contributed by atoms with Crippen molar-refractivity contribution >= 4 is 11.9 Å². The first-order valence-electron chi connectivity index (χ1n) is 6.87. The third-order valence-electron chi connectivity index (χ3n) is 3.82. The lowest BCUT2D eigenvalue weighted by Crippen LogP contribution is -2.54. The Kier molecular flexibility index (Phi) is 4.57. The molecule has 5 nitrogen and oxygen atoms in total. The monoisotopic (exact) mass is 295 g/mol. The van der Waals surface area contributed by atoms with Crippen LogP contribution in [0.25, 0.3) is 0 Å². The number of nitrogens with one attached hydrogen (secondary N) is 1. The molecule has 0 radical (unpaired) electrons. The highest BCUT2D eigenvalue weighted by Gasteiger charge is 2.40. The lowest BCUT2D eigenvalue weighted by Gasteiger charge is -2.41. The number of carboxylic acid groups (broad SMARTS) is 1. The molecule has 1 aliphatic rings. The van der Waals surface area contributed by atoms with Crippen LogP contribution in [0.3, 0.4) is 0 Å². The molecule has 1 aliphatic carbocycles. The van der Waals surface area contributed by atoms with Crippen molar-refractivity contribution in [1.82, 2.24) is 5.32 Å². The first-order chi connectivity index (χ1) is 9.90. The van der Waals surface area contributed by atoms with E-state index in [0.29, 0.717) is 18.4 Å². The fourth-order valence-electron chi connectivity index (χ4n) is 2.59. The smallest absolute Gasteiger partial charge is 0.305 e. The van der Waals surface area contributed by atoms with Crippen molar-refractivity contribution in [3.63, 3.8) is 0 Å². The SMILES string of the molecule is O=C(O)CC1(NC(=O)CC(O)c2cccc(F)c2)CCC1. The molecular formula is C15H18FNO4. The van der Waals surface area contributed by atoms with Crippen molar-refractivity contribution in [3.05, 3.63) is 35.6 Å². The fraction of sp³-hybridized carbons (Fsp3) is 0.467. The van der Waals surface area contributed by atoms with Crippen molar-refractivity contribution in [2.75, 3.05) is 0 Å². The Morgan fingerprint density at radius 3 is 2.62 bits per heavy atom. The number of aliphatic hydroxyl groups excluding tert-OH is 1. The third-order valence-corrected chi connectivity index (χ3v) is 3.82. The largest absolute Gasteiger partial charge is 0.481 e. The van der Waals surface area contributed by atoms with E-state index in [2.05, 4.69) is 5.32 Å². The van der Waals surface area contributed by atoms with Crippen LogP contribution in [0.2, 0.25) is 0 Å². The number of rotatable bonds is 6. The zero-order valence-electron chi connectivity index (χ0n) is 11.5. The highest BCUT2D eigenvalue weighted by molar-refractivity contribution is 5.79. The predicted molar refractivity (Wildman–Crippen MR) is 73.0 cm³/mol. The quantitative estimate of drug-likeness (QED) is 0.746. The lowest BCUT2D eigenvalue weighted by atomic mass is 9.74. The minimum Gasteiger partial charge on any atom is -0.481 e. The molecule has 2 rings (SSSR count). The van der Waals surface area contributed by atoms with Crippen LogP contribution in [0.15, 0.2) is 24.3 Å². The maximum Gasteiger partial charge on any atom is 0.305 e. The van der Waals surface area contributed by atoms with Gasteiger partial charge in [-0.05, 0) is 37.0 Å². The van der Waals surface area contributed by atoms with Crippen LogP contribution >= 0.6 is 0 Å². The van der Waals surface area contributed by atoms with Crippen molar-refractivity contribution in [2.45, 2.75) is 43.7 Å². The molecule has 0 aliphatic heterocycles. The molecule has 1 amide bonds. The Labute approximate surface area is 121 Å². The molecule has 1 fully saturated rings. The molecule has 114 valence electrons. The number of aliphatic hydroxyl groups is 1. The van der Waals surface area contributed by atoms with Crippen LogP contribution in [0.5, 0.6) is 0 Å². The zero-order valence-corrected chi connectivity index (χ0v) is 11.5. The number of carboxylic acids is 1. The van der Waals surface area contributed by atoms with Gasteiger partial charge in [0.2, 0.25) is 5.91 Å². The summed E-state index contributed by atoms with van der Waals surface area (Å²) in [6.45, 7) is 0. The number of carbonyl (C=O) groups is 2.